The van der Waals surface area contributed by atoms with Crippen LogP contribution in [0.15, 0.2) is 44.3 Å². The van der Waals surface area contributed by atoms with Crippen LogP contribution in [0, 0.1) is 6.92 Å². The third-order valence-corrected chi connectivity index (χ3v) is 3.86. The van der Waals surface area contributed by atoms with E-state index in [0.717, 1.165) is 0 Å². The predicted octanol–water partition coefficient (Wildman–Crippen LogP) is 3.18. The molecule has 0 N–H and O–H groups in total. The molecule has 0 fully saturated rings. The Kier molecular flexibility index (Phi) is 2.74. The van der Waals surface area contributed by atoms with Crippen molar-refractivity contribution in [2.45, 2.75) is 6.92 Å². The largest absolute Gasteiger partial charge is 0.465 e. The lowest BCUT2D eigenvalue weighted by Crippen LogP contribution is -2.05. The zero-order valence-electron chi connectivity index (χ0n) is 12.4. The maximum Gasteiger partial charge on any atom is 0.347 e. The smallest absolute Gasteiger partial charge is 0.347 e. The number of esters is 1. The van der Waals surface area contributed by atoms with Crippen LogP contribution in [0.4, 0.5) is 0 Å². The number of furan rings is 1. The normalized spacial score (nSPS) is 11.4. The number of rotatable bonds is 1. The van der Waals surface area contributed by atoms with E-state index in [1.54, 1.807) is 31.3 Å². The molecule has 114 valence electrons. The van der Waals surface area contributed by atoms with Crippen LogP contribution in [0.5, 0.6) is 0 Å². The summed E-state index contributed by atoms with van der Waals surface area (Å²) in [5.74, 6) is -0.516. The second-order valence-corrected chi connectivity index (χ2v) is 5.20. The van der Waals surface area contributed by atoms with Gasteiger partial charge >= 0.3 is 11.6 Å². The van der Waals surface area contributed by atoms with E-state index >= 15 is 0 Å². The van der Waals surface area contributed by atoms with Crippen molar-refractivity contribution in [2.24, 2.45) is 0 Å². The molecule has 0 radical (unpaired) electrons. The maximum absolute atomic E-state index is 12.3. The molecule has 0 saturated carbocycles. The van der Waals surface area contributed by atoms with E-state index in [0.29, 0.717) is 44.0 Å². The number of hydrogen-bond acceptors (Lipinski definition) is 6. The van der Waals surface area contributed by atoms with Crippen molar-refractivity contribution in [1.82, 2.24) is 4.98 Å². The van der Waals surface area contributed by atoms with Crippen LogP contribution >= 0.6 is 0 Å². The van der Waals surface area contributed by atoms with E-state index in [-0.39, 0.29) is 0 Å². The Hall–Kier alpha value is -3.15. The summed E-state index contributed by atoms with van der Waals surface area (Å²) in [6.45, 7) is 1.76. The molecule has 4 aromatic rings. The lowest BCUT2D eigenvalue weighted by atomic mass is 10.0. The van der Waals surface area contributed by atoms with E-state index in [9.17, 15) is 9.59 Å². The van der Waals surface area contributed by atoms with Crippen molar-refractivity contribution < 1.29 is 18.4 Å². The maximum atomic E-state index is 12.3. The summed E-state index contributed by atoms with van der Waals surface area (Å²) in [6.07, 6.45) is 3.06. The lowest BCUT2D eigenvalue weighted by Gasteiger charge is -2.07. The van der Waals surface area contributed by atoms with Gasteiger partial charge in [0, 0.05) is 17.1 Å². The van der Waals surface area contributed by atoms with Crippen LogP contribution in [0.1, 0.15) is 15.9 Å². The number of pyridine rings is 1. The first kappa shape index (κ1) is 13.5. The Balaban J connectivity index is 2.32. The van der Waals surface area contributed by atoms with Crippen molar-refractivity contribution in [2.75, 3.05) is 7.11 Å². The number of nitrogens with zero attached hydrogens (tertiary/aromatic N) is 1. The minimum Gasteiger partial charge on any atom is -0.465 e. The zero-order chi connectivity index (χ0) is 16.1. The molecule has 6 nitrogen and oxygen atoms in total. The zero-order valence-corrected chi connectivity index (χ0v) is 12.4. The Morgan fingerprint density at radius 2 is 2.09 bits per heavy atom. The van der Waals surface area contributed by atoms with Gasteiger partial charge in [0.2, 0.25) is 0 Å². The van der Waals surface area contributed by atoms with Gasteiger partial charge in [-0.3, -0.25) is 4.98 Å². The van der Waals surface area contributed by atoms with Gasteiger partial charge in [-0.2, -0.15) is 0 Å². The van der Waals surface area contributed by atoms with Crippen LogP contribution in [-0.2, 0) is 4.74 Å². The summed E-state index contributed by atoms with van der Waals surface area (Å²) in [7, 11) is 1.30. The van der Waals surface area contributed by atoms with Gasteiger partial charge in [-0.15, -0.1) is 0 Å². The Morgan fingerprint density at radius 3 is 2.87 bits per heavy atom. The van der Waals surface area contributed by atoms with Crippen LogP contribution in [-0.4, -0.2) is 18.1 Å². The quantitative estimate of drug-likeness (QED) is 0.305. The van der Waals surface area contributed by atoms with E-state index in [2.05, 4.69) is 4.98 Å². The summed E-state index contributed by atoms with van der Waals surface area (Å²) in [5, 5.41) is 1.46. The third kappa shape index (κ3) is 1.78. The van der Waals surface area contributed by atoms with E-state index in [1.807, 2.05) is 0 Å². The number of ether oxygens (including phenoxy) is 1. The van der Waals surface area contributed by atoms with Crippen LogP contribution in [0.25, 0.3) is 32.8 Å². The van der Waals surface area contributed by atoms with Crippen LogP contribution in [0.2, 0.25) is 0 Å². The fourth-order valence-corrected chi connectivity index (χ4v) is 2.81. The van der Waals surface area contributed by atoms with Gasteiger partial charge in [0.05, 0.1) is 29.8 Å². The molecule has 4 rings (SSSR count). The fraction of sp³-hybridized carbons (Fsp3) is 0.118. The molecule has 0 amide bonds. The molecule has 0 aliphatic carbocycles. The van der Waals surface area contributed by atoms with Gasteiger partial charge in [-0.05, 0) is 25.1 Å². The van der Waals surface area contributed by atoms with Gasteiger partial charge < -0.3 is 13.6 Å². The molecule has 6 heteroatoms. The van der Waals surface area contributed by atoms with E-state index in [4.69, 9.17) is 13.6 Å². The van der Waals surface area contributed by atoms with Crippen LogP contribution < -0.4 is 5.63 Å². The van der Waals surface area contributed by atoms with Gasteiger partial charge in [0.15, 0.2) is 11.2 Å². The van der Waals surface area contributed by atoms with Gasteiger partial charge in [0.1, 0.15) is 5.39 Å². The number of aryl methyl sites for hydroxylation is 1. The molecule has 0 atom stereocenters. The summed E-state index contributed by atoms with van der Waals surface area (Å²) in [4.78, 5) is 28.6. The van der Waals surface area contributed by atoms with Crippen molar-refractivity contribution in [3.05, 3.63) is 52.2 Å². The highest BCUT2D eigenvalue weighted by atomic mass is 16.5. The molecular formula is C17H11NO5. The van der Waals surface area contributed by atoms with Crippen molar-refractivity contribution in [1.29, 1.82) is 0 Å². The van der Waals surface area contributed by atoms with E-state index in [1.165, 1.54) is 13.4 Å². The first-order valence-electron chi connectivity index (χ1n) is 6.92. The van der Waals surface area contributed by atoms with Gasteiger partial charge in [-0.25, -0.2) is 9.59 Å². The predicted molar refractivity (Wildman–Crippen MR) is 83.6 cm³/mol. The standard InChI is InChI=1S/C17H11NO5/c1-8-7-22-15-11-6-10(16(19)21-2)13-9(4-3-5-18-13)14(11)23-17(20)12(8)15/h3-7H,1-2H3. The molecule has 0 spiro atoms. The fourth-order valence-electron chi connectivity index (χ4n) is 2.81. The first-order chi connectivity index (χ1) is 11.1. The first-order valence-corrected chi connectivity index (χ1v) is 6.92. The summed E-state index contributed by atoms with van der Waals surface area (Å²) in [5.41, 5.74) is 1.64. The number of benzene rings is 1. The number of carbonyl (C=O) groups excluding carboxylic acids is 1. The SMILES string of the molecule is COC(=O)c1cc2c3occ(C)c3c(=O)oc2c2cccnc12. The number of aromatic nitrogens is 1. The highest BCUT2D eigenvalue weighted by Gasteiger charge is 2.20. The average molecular weight is 309 g/mol. The number of fused-ring (bicyclic) bond motifs is 5. The van der Waals surface area contributed by atoms with Gasteiger partial charge in [-0.1, -0.05) is 0 Å². The monoisotopic (exact) mass is 309 g/mol. The highest BCUT2D eigenvalue weighted by molar-refractivity contribution is 6.17. The summed E-state index contributed by atoms with van der Waals surface area (Å²) < 4.78 is 15.8. The average Bonchev–Trinajstić information content (AvgIpc) is 2.96. The molecule has 3 heterocycles. The molecule has 23 heavy (non-hydrogen) atoms. The molecular weight excluding hydrogens is 298 g/mol. The van der Waals surface area contributed by atoms with Crippen LogP contribution in [0.3, 0.4) is 0 Å². The van der Waals surface area contributed by atoms with Gasteiger partial charge in [0.25, 0.3) is 0 Å². The number of methoxy groups -OCH3 is 1. The molecule has 0 unspecified atom stereocenters. The molecule has 0 bridgehead atoms. The van der Waals surface area contributed by atoms with Crippen molar-refractivity contribution >= 4 is 38.8 Å². The number of carbonyl (C=O) groups is 1. The molecule has 1 aromatic carbocycles. The minimum absolute atomic E-state index is 0.291. The Bertz CT molecular complexity index is 1150. The second-order valence-electron chi connectivity index (χ2n) is 5.20. The molecule has 0 aliphatic rings. The Morgan fingerprint density at radius 1 is 1.26 bits per heavy atom. The highest BCUT2D eigenvalue weighted by Crippen LogP contribution is 2.32. The Labute approximate surface area is 129 Å². The topological polar surface area (TPSA) is 82.5 Å². The molecule has 3 aromatic heterocycles. The minimum atomic E-state index is -0.516. The lowest BCUT2D eigenvalue weighted by molar-refractivity contribution is 0.0603. The summed E-state index contributed by atoms with van der Waals surface area (Å²) >= 11 is 0. The second kappa shape index (κ2) is 4.67. The molecule has 0 saturated heterocycles. The van der Waals surface area contributed by atoms with Crippen molar-refractivity contribution in [3.8, 4) is 0 Å². The summed E-state index contributed by atoms with van der Waals surface area (Å²) in [6, 6.07) is 5.03. The number of hydrogen-bond donors (Lipinski definition) is 0. The molecule has 0 aliphatic heterocycles. The third-order valence-electron chi connectivity index (χ3n) is 3.86. The van der Waals surface area contributed by atoms with E-state index < -0.39 is 11.6 Å². The van der Waals surface area contributed by atoms with Crippen molar-refractivity contribution in [3.63, 3.8) is 0 Å².